The van der Waals surface area contributed by atoms with Gasteiger partial charge in [-0.1, -0.05) is 57.0 Å². The SMILES string of the molecule is CCCCC(=O)O[C@]1(C(=O)COC(=O)Oc2cccc(CO[N+](=O)[O-])c2)[C@@H](C)C[C@H]2C3CC=C4CC(=O)C=C[C@]4(C)[C@@]3(F)[C@@H](O)C[C@@]21C. The van der Waals surface area contributed by atoms with E-state index in [1.165, 1.54) is 30.3 Å². The van der Waals surface area contributed by atoms with E-state index in [9.17, 15) is 34.4 Å². The average Bonchev–Trinajstić information content (AvgIpc) is 3.25. The normalized spacial score (nSPS) is 35.0. The molecule has 1 aromatic carbocycles. The van der Waals surface area contributed by atoms with Gasteiger partial charge in [0.25, 0.3) is 5.09 Å². The van der Waals surface area contributed by atoms with Gasteiger partial charge in [0.15, 0.2) is 23.7 Å². The highest BCUT2D eigenvalue weighted by Crippen LogP contribution is 2.71. The lowest BCUT2D eigenvalue weighted by molar-refractivity contribution is -0.763. The van der Waals surface area contributed by atoms with Crippen LogP contribution in [-0.2, 0) is 35.3 Å². The number of aliphatic hydroxyl groups is 1. The second-order valence-electron chi connectivity index (χ2n) is 13.9. The first-order chi connectivity index (χ1) is 22.6. The van der Waals surface area contributed by atoms with E-state index >= 15 is 4.39 Å². The molecule has 0 aromatic heterocycles. The average molecular weight is 672 g/mol. The number of Topliss-reactive ketones (excluding diaryl/α,β-unsaturated/α-hetero) is 1. The Morgan fingerprint density at radius 2 is 1.94 bits per heavy atom. The summed E-state index contributed by atoms with van der Waals surface area (Å²) < 4.78 is 34.3. The zero-order valence-corrected chi connectivity index (χ0v) is 27.6. The number of hydrogen-bond acceptors (Lipinski definition) is 11. The summed E-state index contributed by atoms with van der Waals surface area (Å²) in [5.41, 5.74) is -5.51. The Morgan fingerprint density at radius 1 is 1.19 bits per heavy atom. The number of ketones is 2. The van der Waals surface area contributed by atoms with Crippen molar-refractivity contribution in [2.75, 3.05) is 6.61 Å². The Hall–Kier alpha value is -4.13. The molecule has 0 amide bonds. The number of unbranched alkanes of at least 4 members (excludes halogenated alkanes) is 1. The molecule has 2 saturated carbocycles. The van der Waals surface area contributed by atoms with Gasteiger partial charge in [0.1, 0.15) is 12.4 Å². The van der Waals surface area contributed by atoms with Gasteiger partial charge in [0, 0.05) is 35.5 Å². The molecule has 1 aromatic rings. The maximum Gasteiger partial charge on any atom is 0.514 e. The minimum absolute atomic E-state index is 0.00904. The number of fused-ring (bicyclic) bond motifs is 5. The monoisotopic (exact) mass is 671 g/mol. The number of carbonyl (C=O) groups excluding carboxylic acids is 4. The van der Waals surface area contributed by atoms with Crippen molar-refractivity contribution in [2.45, 2.75) is 96.6 Å². The molecule has 0 bridgehead atoms. The molecule has 48 heavy (non-hydrogen) atoms. The van der Waals surface area contributed by atoms with Gasteiger partial charge in [0.05, 0.1) is 6.10 Å². The summed E-state index contributed by atoms with van der Waals surface area (Å²) in [6.45, 7) is 5.90. The molecule has 0 saturated heterocycles. The molecular formula is C35H42FNO11. The number of aliphatic hydroxyl groups excluding tert-OH is 1. The van der Waals surface area contributed by atoms with Crippen LogP contribution in [0.4, 0.5) is 9.18 Å². The maximum atomic E-state index is 17.7. The minimum atomic E-state index is -2.15. The first-order valence-electron chi connectivity index (χ1n) is 16.4. The Balaban J connectivity index is 1.43. The fourth-order valence-corrected chi connectivity index (χ4v) is 9.04. The molecule has 5 rings (SSSR count). The summed E-state index contributed by atoms with van der Waals surface area (Å²) in [6, 6.07) is 5.76. The summed E-state index contributed by atoms with van der Waals surface area (Å²) in [6.07, 6.45) is 3.64. The molecular weight excluding hydrogens is 629 g/mol. The fourth-order valence-electron chi connectivity index (χ4n) is 9.04. The van der Waals surface area contributed by atoms with Crippen LogP contribution in [0.15, 0.2) is 48.1 Å². The molecule has 8 atom stereocenters. The molecule has 0 radical (unpaired) electrons. The van der Waals surface area contributed by atoms with Crippen molar-refractivity contribution in [1.82, 2.24) is 0 Å². The highest BCUT2D eigenvalue weighted by Gasteiger charge is 2.77. The third kappa shape index (κ3) is 5.69. The predicted octanol–water partition coefficient (Wildman–Crippen LogP) is 5.57. The van der Waals surface area contributed by atoms with E-state index in [0.29, 0.717) is 30.4 Å². The van der Waals surface area contributed by atoms with Crippen LogP contribution in [0, 0.1) is 38.7 Å². The molecule has 0 heterocycles. The van der Waals surface area contributed by atoms with E-state index < -0.39 is 75.6 Å². The number of halogens is 1. The largest absolute Gasteiger partial charge is 0.514 e. The second kappa shape index (κ2) is 13.1. The van der Waals surface area contributed by atoms with Crippen molar-refractivity contribution in [3.05, 3.63) is 63.7 Å². The van der Waals surface area contributed by atoms with Gasteiger partial charge in [-0.3, -0.25) is 14.4 Å². The van der Waals surface area contributed by atoms with Crippen LogP contribution < -0.4 is 4.74 Å². The fraction of sp³-hybridized carbons (Fsp3) is 0.600. The van der Waals surface area contributed by atoms with E-state index in [2.05, 4.69) is 4.84 Å². The van der Waals surface area contributed by atoms with Gasteiger partial charge in [-0.25, -0.2) is 9.18 Å². The predicted molar refractivity (Wildman–Crippen MR) is 166 cm³/mol. The number of nitrogens with zero attached hydrogens (tertiary/aromatic N) is 1. The molecule has 4 aliphatic carbocycles. The van der Waals surface area contributed by atoms with Gasteiger partial charge in [-0.2, -0.15) is 0 Å². The minimum Gasteiger partial charge on any atom is -0.450 e. The lowest BCUT2D eigenvalue weighted by atomic mass is 9.45. The van der Waals surface area contributed by atoms with Gasteiger partial charge in [-0.15, -0.1) is 10.1 Å². The van der Waals surface area contributed by atoms with E-state index in [1.54, 1.807) is 26.8 Å². The van der Waals surface area contributed by atoms with Crippen molar-refractivity contribution >= 4 is 23.7 Å². The first kappa shape index (κ1) is 35.2. The lowest BCUT2D eigenvalue weighted by Crippen LogP contribution is -2.69. The molecule has 1 N–H and O–H groups in total. The van der Waals surface area contributed by atoms with Gasteiger partial charge in [-0.05, 0) is 62.3 Å². The van der Waals surface area contributed by atoms with Crippen LogP contribution in [0.25, 0.3) is 0 Å². The van der Waals surface area contributed by atoms with Crippen LogP contribution in [-0.4, -0.2) is 57.9 Å². The number of alkyl halides is 1. The number of hydrogen-bond donors (Lipinski definition) is 1. The molecule has 4 aliphatic rings. The van der Waals surface area contributed by atoms with E-state index in [-0.39, 0.29) is 43.8 Å². The number of benzene rings is 1. The Morgan fingerprint density at radius 3 is 2.65 bits per heavy atom. The summed E-state index contributed by atoms with van der Waals surface area (Å²) in [5.74, 6) is -3.38. The highest BCUT2D eigenvalue weighted by molar-refractivity contribution is 5.94. The topological polar surface area (TPSA) is 169 Å². The van der Waals surface area contributed by atoms with Crippen LogP contribution in [0.3, 0.4) is 0 Å². The summed E-state index contributed by atoms with van der Waals surface area (Å²) in [5, 5.41) is 21.3. The van der Waals surface area contributed by atoms with E-state index in [4.69, 9.17) is 14.2 Å². The van der Waals surface area contributed by atoms with Crippen molar-refractivity contribution < 1.29 is 52.8 Å². The number of ether oxygens (including phenoxy) is 3. The number of rotatable bonds is 11. The number of carbonyl (C=O) groups is 4. The highest BCUT2D eigenvalue weighted by atomic mass is 19.1. The number of allylic oxidation sites excluding steroid dienone is 4. The van der Waals surface area contributed by atoms with Crippen LogP contribution in [0.5, 0.6) is 5.75 Å². The summed E-state index contributed by atoms with van der Waals surface area (Å²) >= 11 is 0. The van der Waals surface area contributed by atoms with Crippen LogP contribution >= 0.6 is 0 Å². The first-order valence-corrected chi connectivity index (χ1v) is 16.4. The molecule has 13 heteroatoms. The van der Waals surface area contributed by atoms with E-state index in [0.717, 1.165) is 0 Å². The Bertz CT molecular complexity index is 1560. The van der Waals surface area contributed by atoms with Crippen molar-refractivity contribution in [3.8, 4) is 5.75 Å². The third-order valence-corrected chi connectivity index (χ3v) is 11.3. The van der Waals surface area contributed by atoms with Crippen molar-refractivity contribution in [1.29, 1.82) is 0 Å². The molecule has 1 unspecified atom stereocenters. The number of esters is 1. The zero-order valence-electron chi connectivity index (χ0n) is 27.6. The molecule has 0 aliphatic heterocycles. The third-order valence-electron chi connectivity index (χ3n) is 11.3. The Kier molecular flexibility index (Phi) is 9.57. The van der Waals surface area contributed by atoms with Crippen molar-refractivity contribution in [2.24, 2.45) is 28.6 Å². The second-order valence-corrected chi connectivity index (χ2v) is 13.9. The van der Waals surface area contributed by atoms with Crippen molar-refractivity contribution in [3.63, 3.8) is 0 Å². The van der Waals surface area contributed by atoms with Gasteiger partial charge in [0.2, 0.25) is 5.78 Å². The molecule has 12 nitrogen and oxygen atoms in total. The van der Waals surface area contributed by atoms with Crippen LogP contribution in [0.1, 0.15) is 78.2 Å². The maximum absolute atomic E-state index is 17.7. The van der Waals surface area contributed by atoms with Gasteiger partial charge >= 0.3 is 12.1 Å². The summed E-state index contributed by atoms with van der Waals surface area (Å²) in [7, 11) is 0. The zero-order chi connectivity index (χ0) is 35.1. The summed E-state index contributed by atoms with van der Waals surface area (Å²) in [4.78, 5) is 67.5. The molecule has 260 valence electrons. The molecule has 0 spiro atoms. The quantitative estimate of drug-likeness (QED) is 0.103. The van der Waals surface area contributed by atoms with Crippen LogP contribution in [0.2, 0.25) is 0 Å². The smallest absolute Gasteiger partial charge is 0.450 e. The molecule has 2 fully saturated rings. The van der Waals surface area contributed by atoms with E-state index in [1.807, 2.05) is 13.0 Å². The Labute approximate surface area is 277 Å². The van der Waals surface area contributed by atoms with Gasteiger partial charge < -0.3 is 24.2 Å². The standard InChI is InChI=1S/C35H42FNO11/c1-5-6-10-30(41)48-35(29(40)20-45-31(42)47-25-9-7-8-22(16-25)19-46-37(43)44)21(2)15-27-26-12-11-23-17-24(38)13-14-32(23,3)34(26,36)28(39)18-33(27,35)4/h7-9,11,13-14,16,21,26-28,39H,5-6,10,12,15,17-20H2,1-4H3/t21-,26?,27-,28-,32-,33-,34-,35-/m0/s1. The lowest BCUT2D eigenvalue weighted by Gasteiger charge is -2.62.